The second-order valence-corrected chi connectivity index (χ2v) is 9.53. The monoisotopic (exact) mass is 460 g/mol. The number of methoxy groups -OCH3 is 1. The number of carbonyl (C=O) groups excluding carboxylic acids is 1. The minimum atomic E-state index is -0.292. The molecule has 8 heteroatoms. The molecule has 0 fully saturated rings. The number of fused-ring (bicyclic) bond motifs is 4. The lowest BCUT2D eigenvalue weighted by Crippen LogP contribution is -2.26. The molecule has 0 atom stereocenters. The first-order valence-corrected chi connectivity index (χ1v) is 11.6. The second-order valence-electron chi connectivity index (χ2n) is 8.50. The highest BCUT2D eigenvalue weighted by molar-refractivity contribution is 7.22. The molecular formula is C25H24N4O3S. The van der Waals surface area contributed by atoms with E-state index in [9.17, 15) is 9.59 Å². The van der Waals surface area contributed by atoms with Crippen LogP contribution >= 0.6 is 11.3 Å². The summed E-state index contributed by atoms with van der Waals surface area (Å²) in [6.45, 7) is 4.62. The van der Waals surface area contributed by atoms with Crippen LogP contribution in [0.2, 0.25) is 0 Å². The third-order valence-electron chi connectivity index (χ3n) is 5.75. The highest BCUT2D eigenvalue weighted by Gasteiger charge is 2.22. The SMILES string of the molecule is COc1ccc2nc(NC(=O)c3cn(CC(C)C)c(=O)c4c3c3ccccc3n4C)sc2c1. The number of rotatable bonds is 5. The quantitative estimate of drug-likeness (QED) is 0.399. The summed E-state index contributed by atoms with van der Waals surface area (Å²) in [5.74, 6) is 0.701. The Morgan fingerprint density at radius 1 is 1.21 bits per heavy atom. The number of aromatic nitrogens is 3. The van der Waals surface area contributed by atoms with Crippen LogP contribution in [0.5, 0.6) is 5.75 Å². The molecule has 0 aliphatic rings. The fourth-order valence-electron chi connectivity index (χ4n) is 4.28. The molecule has 1 amide bonds. The lowest BCUT2D eigenvalue weighted by atomic mass is 10.1. The molecule has 168 valence electrons. The minimum absolute atomic E-state index is 0.0963. The predicted octanol–water partition coefficient (Wildman–Crippen LogP) is 5.02. The van der Waals surface area contributed by atoms with Crippen LogP contribution in [0.3, 0.4) is 0 Å². The number of carbonyl (C=O) groups is 1. The van der Waals surface area contributed by atoms with Gasteiger partial charge in [-0.25, -0.2) is 4.98 Å². The average Bonchev–Trinajstić information content (AvgIpc) is 3.33. The molecule has 0 bridgehead atoms. The summed E-state index contributed by atoms with van der Waals surface area (Å²) in [6, 6.07) is 13.4. The summed E-state index contributed by atoms with van der Waals surface area (Å²) in [6.07, 6.45) is 1.68. The van der Waals surface area contributed by atoms with E-state index in [4.69, 9.17) is 4.74 Å². The molecule has 0 saturated heterocycles. The molecular weight excluding hydrogens is 436 g/mol. The Kier molecular flexibility index (Phi) is 5.17. The van der Waals surface area contributed by atoms with Gasteiger partial charge in [0.1, 0.15) is 11.3 Å². The first-order valence-electron chi connectivity index (χ1n) is 10.7. The smallest absolute Gasteiger partial charge is 0.275 e. The van der Waals surface area contributed by atoms with Gasteiger partial charge in [0.15, 0.2) is 5.13 Å². The third kappa shape index (κ3) is 3.56. The summed E-state index contributed by atoms with van der Waals surface area (Å²) in [5, 5.41) is 5.00. The van der Waals surface area contributed by atoms with Crippen LogP contribution in [0.15, 0.2) is 53.5 Å². The summed E-state index contributed by atoms with van der Waals surface area (Å²) in [4.78, 5) is 31.4. The molecule has 5 aromatic rings. The fourth-order valence-corrected chi connectivity index (χ4v) is 5.17. The maximum Gasteiger partial charge on any atom is 0.275 e. The Labute approximate surface area is 194 Å². The van der Waals surface area contributed by atoms with Crippen molar-refractivity contribution in [2.75, 3.05) is 12.4 Å². The van der Waals surface area contributed by atoms with Crippen molar-refractivity contribution in [1.82, 2.24) is 14.1 Å². The number of aryl methyl sites for hydroxylation is 1. The molecule has 5 rings (SSSR count). The Hall–Kier alpha value is -3.65. The standard InChI is InChI=1S/C25H24N4O3S/c1-14(2)12-29-13-17(21-16-7-5-6-8-19(16)28(3)22(21)24(29)31)23(30)27-25-26-18-10-9-15(32-4)11-20(18)33-25/h5-11,13-14H,12H2,1-4H3,(H,26,27,30). The molecule has 0 aliphatic heterocycles. The van der Waals surface area contributed by atoms with E-state index in [1.807, 2.05) is 67.9 Å². The van der Waals surface area contributed by atoms with Gasteiger partial charge in [-0.15, -0.1) is 0 Å². The highest BCUT2D eigenvalue weighted by Crippen LogP contribution is 2.32. The Morgan fingerprint density at radius 2 is 2.00 bits per heavy atom. The molecule has 3 heterocycles. The van der Waals surface area contributed by atoms with Crippen LogP contribution in [-0.2, 0) is 13.6 Å². The van der Waals surface area contributed by atoms with Crippen LogP contribution in [0.25, 0.3) is 32.0 Å². The molecule has 0 spiro atoms. The normalized spacial score (nSPS) is 11.7. The van der Waals surface area contributed by atoms with E-state index in [0.29, 0.717) is 28.1 Å². The third-order valence-corrected chi connectivity index (χ3v) is 6.68. The van der Waals surface area contributed by atoms with E-state index in [0.717, 1.165) is 26.9 Å². The molecule has 7 nitrogen and oxygen atoms in total. The van der Waals surface area contributed by atoms with E-state index in [2.05, 4.69) is 10.3 Å². The number of benzene rings is 2. The fraction of sp³-hybridized carbons (Fsp3) is 0.240. The first-order chi connectivity index (χ1) is 15.9. The minimum Gasteiger partial charge on any atom is -0.497 e. The van der Waals surface area contributed by atoms with Crippen LogP contribution in [0, 0.1) is 5.92 Å². The van der Waals surface area contributed by atoms with Gasteiger partial charge in [-0.2, -0.15) is 0 Å². The number of ether oxygens (including phenoxy) is 1. The Bertz CT molecular complexity index is 1590. The topological polar surface area (TPSA) is 78.2 Å². The number of nitrogens with zero attached hydrogens (tertiary/aromatic N) is 3. The van der Waals surface area contributed by atoms with Gasteiger partial charge >= 0.3 is 0 Å². The number of para-hydroxylation sites is 1. The molecule has 33 heavy (non-hydrogen) atoms. The van der Waals surface area contributed by atoms with Gasteiger partial charge in [0, 0.05) is 36.1 Å². The second kappa shape index (κ2) is 8.04. The zero-order valence-corrected chi connectivity index (χ0v) is 19.7. The highest BCUT2D eigenvalue weighted by atomic mass is 32.1. The van der Waals surface area contributed by atoms with Crippen molar-refractivity contribution in [3.05, 3.63) is 64.6 Å². The van der Waals surface area contributed by atoms with E-state index in [1.54, 1.807) is 17.9 Å². The van der Waals surface area contributed by atoms with Gasteiger partial charge in [0.2, 0.25) is 0 Å². The van der Waals surface area contributed by atoms with Crippen molar-refractivity contribution >= 4 is 54.4 Å². The van der Waals surface area contributed by atoms with Gasteiger partial charge in [0.25, 0.3) is 11.5 Å². The number of nitrogens with one attached hydrogen (secondary N) is 1. The largest absolute Gasteiger partial charge is 0.497 e. The van der Waals surface area contributed by atoms with Crippen molar-refractivity contribution < 1.29 is 9.53 Å². The summed E-state index contributed by atoms with van der Waals surface area (Å²) < 4.78 is 9.73. The van der Waals surface area contributed by atoms with Crippen LogP contribution < -0.4 is 15.6 Å². The van der Waals surface area contributed by atoms with Crippen molar-refractivity contribution in [2.45, 2.75) is 20.4 Å². The van der Waals surface area contributed by atoms with Crippen molar-refractivity contribution in [3.8, 4) is 5.75 Å². The molecule has 3 aromatic heterocycles. The predicted molar refractivity (Wildman–Crippen MR) is 134 cm³/mol. The zero-order valence-electron chi connectivity index (χ0n) is 18.9. The summed E-state index contributed by atoms with van der Waals surface area (Å²) in [5.41, 5.74) is 2.59. The summed E-state index contributed by atoms with van der Waals surface area (Å²) in [7, 11) is 3.49. The van der Waals surface area contributed by atoms with Crippen molar-refractivity contribution in [2.24, 2.45) is 13.0 Å². The van der Waals surface area contributed by atoms with E-state index in [-0.39, 0.29) is 17.4 Å². The molecule has 0 radical (unpaired) electrons. The lowest BCUT2D eigenvalue weighted by molar-refractivity contribution is 0.102. The van der Waals surface area contributed by atoms with Crippen molar-refractivity contribution in [1.29, 1.82) is 0 Å². The van der Waals surface area contributed by atoms with E-state index < -0.39 is 0 Å². The van der Waals surface area contributed by atoms with Crippen LogP contribution in [0.4, 0.5) is 5.13 Å². The van der Waals surface area contributed by atoms with Gasteiger partial charge in [0.05, 0.1) is 22.9 Å². The molecule has 0 aliphatic carbocycles. The molecule has 1 N–H and O–H groups in total. The molecule has 2 aromatic carbocycles. The van der Waals surface area contributed by atoms with Gasteiger partial charge in [-0.3, -0.25) is 14.9 Å². The number of hydrogen-bond donors (Lipinski definition) is 1. The zero-order chi connectivity index (χ0) is 23.3. The maximum absolute atomic E-state index is 13.5. The van der Waals surface area contributed by atoms with Crippen molar-refractivity contribution in [3.63, 3.8) is 0 Å². The maximum atomic E-state index is 13.5. The average molecular weight is 461 g/mol. The molecule has 0 unspecified atom stereocenters. The van der Waals surface area contributed by atoms with Crippen LogP contribution in [0.1, 0.15) is 24.2 Å². The number of hydrogen-bond acceptors (Lipinski definition) is 5. The summed E-state index contributed by atoms with van der Waals surface area (Å²) >= 11 is 1.39. The number of pyridine rings is 1. The number of thiazole rings is 1. The van der Waals surface area contributed by atoms with Crippen LogP contribution in [-0.4, -0.2) is 27.1 Å². The molecule has 0 saturated carbocycles. The van der Waals surface area contributed by atoms with E-state index >= 15 is 0 Å². The Balaban J connectivity index is 1.67. The lowest BCUT2D eigenvalue weighted by Gasteiger charge is -2.13. The number of amides is 1. The Morgan fingerprint density at radius 3 is 2.76 bits per heavy atom. The van der Waals surface area contributed by atoms with Gasteiger partial charge in [-0.05, 0) is 30.2 Å². The first kappa shape index (κ1) is 21.2. The van der Waals surface area contributed by atoms with E-state index in [1.165, 1.54) is 11.3 Å². The van der Waals surface area contributed by atoms with Gasteiger partial charge in [-0.1, -0.05) is 43.4 Å². The van der Waals surface area contributed by atoms with Gasteiger partial charge < -0.3 is 13.9 Å². The number of anilines is 1.